The molecule has 0 aliphatic rings. The summed E-state index contributed by atoms with van der Waals surface area (Å²) in [6, 6.07) is 12.2. The zero-order valence-electron chi connectivity index (χ0n) is 16.7. The number of benzene rings is 2. The van der Waals surface area contributed by atoms with Crippen LogP contribution in [-0.2, 0) is 10.0 Å². The highest BCUT2D eigenvalue weighted by Gasteiger charge is 2.20. The number of hydrogen-bond donors (Lipinski definition) is 0. The average Bonchev–Trinajstić information content (AvgIpc) is 3.07. The molecule has 0 spiro atoms. The van der Waals surface area contributed by atoms with Crippen molar-refractivity contribution in [2.75, 3.05) is 33.9 Å². The van der Waals surface area contributed by atoms with Crippen LogP contribution < -0.4 is 9.47 Å². The van der Waals surface area contributed by atoms with Crippen molar-refractivity contribution < 1.29 is 17.9 Å². The van der Waals surface area contributed by atoms with E-state index in [1.165, 1.54) is 3.97 Å². The van der Waals surface area contributed by atoms with Gasteiger partial charge in [0.15, 0.2) is 0 Å². The molecule has 3 rings (SSSR count). The summed E-state index contributed by atoms with van der Waals surface area (Å²) in [7, 11) is 0.184. The fourth-order valence-corrected chi connectivity index (χ4v) is 4.28. The van der Waals surface area contributed by atoms with Gasteiger partial charge in [-0.3, -0.25) is 0 Å². The molecule has 0 aliphatic heterocycles. The van der Waals surface area contributed by atoms with E-state index in [1.54, 1.807) is 42.6 Å². The Balaban J connectivity index is 1.95. The molecular weight excluding hydrogens is 376 g/mol. The first kappa shape index (κ1) is 20.2. The van der Waals surface area contributed by atoms with E-state index in [9.17, 15) is 8.42 Å². The van der Waals surface area contributed by atoms with Gasteiger partial charge in [0.25, 0.3) is 10.0 Å². The summed E-state index contributed by atoms with van der Waals surface area (Å²) in [5.41, 5.74) is 1.51. The number of aromatic nitrogens is 1. The second-order valence-electron chi connectivity index (χ2n) is 6.85. The molecule has 0 atom stereocenters. The van der Waals surface area contributed by atoms with Gasteiger partial charge < -0.3 is 14.4 Å². The van der Waals surface area contributed by atoms with Crippen LogP contribution in [0.5, 0.6) is 11.5 Å². The second kappa shape index (κ2) is 8.24. The Morgan fingerprint density at radius 1 is 1.04 bits per heavy atom. The highest BCUT2D eigenvalue weighted by molar-refractivity contribution is 7.90. The van der Waals surface area contributed by atoms with E-state index in [1.807, 2.05) is 38.9 Å². The largest absolute Gasteiger partial charge is 0.494 e. The third-order valence-corrected chi connectivity index (χ3v) is 6.14. The zero-order valence-corrected chi connectivity index (χ0v) is 17.5. The molecule has 28 heavy (non-hydrogen) atoms. The van der Waals surface area contributed by atoms with Gasteiger partial charge in [-0.2, -0.15) is 0 Å². The molecule has 0 fully saturated rings. The molecule has 0 N–H and O–H groups in total. The van der Waals surface area contributed by atoms with Gasteiger partial charge in [0.1, 0.15) is 18.1 Å². The molecule has 7 heteroatoms. The van der Waals surface area contributed by atoms with Crippen molar-refractivity contribution in [2.45, 2.75) is 18.7 Å². The third-order valence-electron chi connectivity index (χ3n) is 4.45. The second-order valence-corrected chi connectivity index (χ2v) is 8.66. The van der Waals surface area contributed by atoms with Crippen LogP contribution in [0, 0.1) is 6.92 Å². The quantitative estimate of drug-likeness (QED) is 0.577. The first-order valence-electron chi connectivity index (χ1n) is 9.20. The van der Waals surface area contributed by atoms with Crippen LogP contribution in [0.1, 0.15) is 12.5 Å². The van der Waals surface area contributed by atoms with Crippen LogP contribution in [0.2, 0.25) is 0 Å². The Bertz CT molecular complexity index is 1070. The van der Waals surface area contributed by atoms with Gasteiger partial charge in [0, 0.05) is 24.2 Å². The van der Waals surface area contributed by atoms with E-state index in [4.69, 9.17) is 9.47 Å². The van der Waals surface area contributed by atoms with Crippen molar-refractivity contribution in [1.82, 2.24) is 8.87 Å². The van der Waals surface area contributed by atoms with Crippen molar-refractivity contribution in [2.24, 2.45) is 0 Å². The molecule has 150 valence electrons. The Morgan fingerprint density at radius 3 is 2.54 bits per heavy atom. The molecule has 0 unspecified atom stereocenters. The number of fused-ring (bicyclic) bond motifs is 1. The van der Waals surface area contributed by atoms with E-state index < -0.39 is 10.0 Å². The normalized spacial score (nSPS) is 11.9. The summed E-state index contributed by atoms with van der Waals surface area (Å²) < 4.78 is 39.1. The number of likely N-dealkylation sites (N-methyl/N-ethyl adjacent to an activating group) is 1. The number of ether oxygens (including phenoxy) is 2. The standard InChI is InChI=1S/C21H26N2O4S/c1-5-26-18-7-9-20-17(14-18)10-11-23(20)28(24,25)19-8-6-16(2)21(15-19)27-13-12-22(3)4/h6-11,14-15H,5,12-13H2,1-4H3. The molecular formula is C21H26N2O4S. The molecule has 0 saturated carbocycles. The van der Waals surface area contributed by atoms with Gasteiger partial charge in [-0.05, 0) is 63.8 Å². The van der Waals surface area contributed by atoms with E-state index in [0.717, 1.165) is 23.2 Å². The molecule has 2 aromatic carbocycles. The minimum atomic E-state index is -3.74. The lowest BCUT2D eigenvalue weighted by atomic mass is 10.2. The van der Waals surface area contributed by atoms with E-state index in [0.29, 0.717) is 24.5 Å². The average molecular weight is 403 g/mol. The Kier molecular flexibility index (Phi) is 5.96. The minimum Gasteiger partial charge on any atom is -0.494 e. The molecule has 1 heterocycles. The Hall–Kier alpha value is -2.51. The van der Waals surface area contributed by atoms with Gasteiger partial charge in [0.05, 0.1) is 17.0 Å². The van der Waals surface area contributed by atoms with Crippen LogP contribution in [0.4, 0.5) is 0 Å². The maximum absolute atomic E-state index is 13.2. The summed E-state index contributed by atoms with van der Waals surface area (Å²) in [6.45, 7) is 5.62. The van der Waals surface area contributed by atoms with Crippen molar-refractivity contribution in [3.05, 3.63) is 54.2 Å². The molecule has 0 aliphatic carbocycles. The number of hydrogen-bond acceptors (Lipinski definition) is 5. The van der Waals surface area contributed by atoms with Gasteiger partial charge in [-0.1, -0.05) is 6.07 Å². The van der Waals surface area contributed by atoms with Gasteiger partial charge >= 0.3 is 0 Å². The fraction of sp³-hybridized carbons (Fsp3) is 0.333. The predicted molar refractivity (Wildman–Crippen MR) is 111 cm³/mol. The van der Waals surface area contributed by atoms with Crippen LogP contribution in [0.25, 0.3) is 10.9 Å². The van der Waals surface area contributed by atoms with Gasteiger partial charge in [-0.25, -0.2) is 12.4 Å². The lowest BCUT2D eigenvalue weighted by Crippen LogP contribution is -2.19. The molecule has 3 aromatic rings. The van der Waals surface area contributed by atoms with Crippen molar-refractivity contribution in [3.63, 3.8) is 0 Å². The van der Waals surface area contributed by atoms with Crippen molar-refractivity contribution in [3.8, 4) is 11.5 Å². The molecule has 0 saturated heterocycles. The lowest BCUT2D eigenvalue weighted by molar-refractivity contribution is 0.259. The minimum absolute atomic E-state index is 0.198. The first-order valence-corrected chi connectivity index (χ1v) is 10.6. The zero-order chi connectivity index (χ0) is 20.3. The third kappa shape index (κ3) is 4.15. The van der Waals surface area contributed by atoms with Crippen LogP contribution in [0.15, 0.2) is 53.6 Å². The maximum atomic E-state index is 13.2. The highest BCUT2D eigenvalue weighted by atomic mass is 32.2. The van der Waals surface area contributed by atoms with Crippen LogP contribution in [-0.4, -0.2) is 51.1 Å². The summed E-state index contributed by atoms with van der Waals surface area (Å²) in [6.07, 6.45) is 1.57. The number of aryl methyl sites for hydroxylation is 1. The smallest absolute Gasteiger partial charge is 0.268 e. The summed E-state index contributed by atoms with van der Waals surface area (Å²) >= 11 is 0. The lowest BCUT2D eigenvalue weighted by Gasteiger charge is -2.14. The fourth-order valence-electron chi connectivity index (χ4n) is 2.91. The number of nitrogens with zero attached hydrogens (tertiary/aromatic N) is 2. The molecule has 0 bridgehead atoms. The van der Waals surface area contributed by atoms with Crippen LogP contribution in [0.3, 0.4) is 0 Å². The Labute approximate surface area is 166 Å². The first-order chi connectivity index (χ1) is 13.3. The van der Waals surface area contributed by atoms with Gasteiger partial charge in [-0.15, -0.1) is 0 Å². The maximum Gasteiger partial charge on any atom is 0.268 e. The van der Waals surface area contributed by atoms with Crippen molar-refractivity contribution >= 4 is 20.9 Å². The molecule has 0 amide bonds. The van der Waals surface area contributed by atoms with E-state index in [2.05, 4.69) is 0 Å². The number of rotatable bonds is 8. The molecule has 1 aromatic heterocycles. The van der Waals surface area contributed by atoms with Crippen LogP contribution >= 0.6 is 0 Å². The summed E-state index contributed by atoms with van der Waals surface area (Å²) in [4.78, 5) is 2.21. The topological polar surface area (TPSA) is 60.8 Å². The molecule has 0 radical (unpaired) electrons. The highest BCUT2D eigenvalue weighted by Crippen LogP contribution is 2.28. The van der Waals surface area contributed by atoms with Gasteiger partial charge in [0.2, 0.25) is 0 Å². The predicted octanol–water partition coefficient (Wildman–Crippen LogP) is 3.53. The summed E-state index contributed by atoms with van der Waals surface area (Å²) in [5, 5.41) is 0.809. The van der Waals surface area contributed by atoms with Crippen molar-refractivity contribution in [1.29, 1.82) is 0 Å². The van der Waals surface area contributed by atoms with E-state index >= 15 is 0 Å². The summed E-state index contributed by atoms with van der Waals surface area (Å²) in [5.74, 6) is 1.30. The molecule has 6 nitrogen and oxygen atoms in total. The monoisotopic (exact) mass is 402 g/mol. The SMILES string of the molecule is CCOc1ccc2c(ccn2S(=O)(=O)c2ccc(C)c(OCCN(C)C)c2)c1. The van der Waals surface area contributed by atoms with E-state index in [-0.39, 0.29) is 4.90 Å². The Morgan fingerprint density at radius 2 is 1.82 bits per heavy atom.